The van der Waals surface area contributed by atoms with Crippen LogP contribution in [0.15, 0.2) is 0 Å². The number of amides is 1. The van der Waals surface area contributed by atoms with Crippen molar-refractivity contribution in [2.45, 2.75) is 47.2 Å². The molecule has 1 amide bonds. The zero-order chi connectivity index (χ0) is 14.6. The lowest BCUT2D eigenvalue weighted by molar-refractivity contribution is -0.132. The van der Waals surface area contributed by atoms with Gasteiger partial charge in [0.25, 0.3) is 0 Å². The van der Waals surface area contributed by atoms with Crippen molar-refractivity contribution in [2.75, 3.05) is 13.1 Å². The minimum atomic E-state index is -0.168. The molecule has 0 radical (unpaired) electrons. The largest absolute Gasteiger partial charge is 0.342 e. The minimum Gasteiger partial charge on any atom is -0.342 e. The molecule has 0 aliphatic heterocycles. The summed E-state index contributed by atoms with van der Waals surface area (Å²) in [5, 5.41) is 7.68. The van der Waals surface area contributed by atoms with Crippen LogP contribution in [0.25, 0.3) is 0 Å². The molecule has 1 aromatic heterocycles. The van der Waals surface area contributed by atoms with E-state index in [1.54, 1.807) is 0 Å². The van der Waals surface area contributed by atoms with Crippen LogP contribution in [0.3, 0.4) is 0 Å². The van der Waals surface area contributed by atoms with E-state index in [1.807, 2.05) is 51.2 Å². The monoisotopic (exact) mass is 266 g/mol. The number of hydrogen-bond acceptors (Lipinski definition) is 3. The molecule has 1 aromatic rings. The lowest BCUT2D eigenvalue weighted by atomic mass is 10.2. The number of nitrogens with one attached hydrogen (secondary N) is 1. The smallest absolute Gasteiger partial charge is 0.239 e. The second kappa shape index (κ2) is 6.70. The first-order valence-corrected chi connectivity index (χ1v) is 6.93. The maximum absolute atomic E-state index is 12.1. The van der Waals surface area contributed by atoms with Crippen molar-refractivity contribution in [1.82, 2.24) is 20.0 Å². The highest BCUT2D eigenvalue weighted by molar-refractivity contribution is 5.81. The minimum absolute atomic E-state index is 0.157. The molecule has 1 atom stereocenters. The van der Waals surface area contributed by atoms with E-state index in [9.17, 15) is 4.79 Å². The summed E-state index contributed by atoms with van der Waals surface area (Å²) in [4.78, 5) is 14.0. The average molecular weight is 266 g/mol. The summed E-state index contributed by atoms with van der Waals surface area (Å²) in [7, 11) is 1.94. The molecule has 0 spiro atoms. The van der Waals surface area contributed by atoms with Crippen LogP contribution in [-0.2, 0) is 18.4 Å². The first kappa shape index (κ1) is 15.7. The molecule has 5 heteroatoms. The molecule has 0 bridgehead atoms. The Morgan fingerprint density at radius 2 is 1.95 bits per heavy atom. The van der Waals surface area contributed by atoms with Crippen molar-refractivity contribution in [3.8, 4) is 0 Å². The van der Waals surface area contributed by atoms with Crippen LogP contribution in [0.1, 0.15) is 37.7 Å². The van der Waals surface area contributed by atoms with Gasteiger partial charge in [0.2, 0.25) is 5.91 Å². The molecule has 0 saturated heterocycles. The van der Waals surface area contributed by atoms with Crippen LogP contribution in [0, 0.1) is 13.8 Å². The lowest BCUT2D eigenvalue weighted by Crippen LogP contribution is -2.44. The Kier molecular flexibility index (Phi) is 5.54. The van der Waals surface area contributed by atoms with Gasteiger partial charge >= 0.3 is 0 Å². The van der Waals surface area contributed by atoms with Crippen LogP contribution in [-0.4, -0.2) is 39.7 Å². The maximum Gasteiger partial charge on any atom is 0.239 e. The summed E-state index contributed by atoms with van der Waals surface area (Å²) in [6, 6.07) is -0.168. The predicted molar refractivity (Wildman–Crippen MR) is 76.9 cm³/mol. The van der Waals surface area contributed by atoms with Gasteiger partial charge < -0.3 is 10.2 Å². The van der Waals surface area contributed by atoms with E-state index in [4.69, 9.17) is 0 Å². The fourth-order valence-electron chi connectivity index (χ4n) is 2.22. The third-order valence-electron chi connectivity index (χ3n) is 3.69. The van der Waals surface area contributed by atoms with Gasteiger partial charge in [0.05, 0.1) is 11.7 Å². The van der Waals surface area contributed by atoms with Gasteiger partial charge in [-0.25, -0.2) is 0 Å². The van der Waals surface area contributed by atoms with Crippen molar-refractivity contribution in [3.63, 3.8) is 0 Å². The molecule has 19 heavy (non-hydrogen) atoms. The number of aromatic nitrogens is 2. The first-order chi connectivity index (χ1) is 8.92. The molecule has 0 aromatic carbocycles. The normalized spacial score (nSPS) is 12.5. The first-order valence-electron chi connectivity index (χ1n) is 6.93. The van der Waals surface area contributed by atoms with Gasteiger partial charge in [0, 0.05) is 37.9 Å². The number of carbonyl (C=O) groups is 1. The fourth-order valence-corrected chi connectivity index (χ4v) is 2.22. The zero-order valence-corrected chi connectivity index (χ0v) is 12.9. The van der Waals surface area contributed by atoms with Crippen LogP contribution in [0.4, 0.5) is 0 Å². The van der Waals surface area contributed by atoms with Crippen molar-refractivity contribution < 1.29 is 4.79 Å². The number of aryl methyl sites for hydroxylation is 2. The van der Waals surface area contributed by atoms with Gasteiger partial charge in [-0.3, -0.25) is 9.48 Å². The van der Waals surface area contributed by atoms with Crippen LogP contribution in [0.5, 0.6) is 0 Å². The Balaban J connectivity index is 2.63. The number of nitrogens with zero attached hydrogens (tertiary/aromatic N) is 3. The summed E-state index contributed by atoms with van der Waals surface area (Å²) in [6.45, 7) is 12.2. The van der Waals surface area contributed by atoms with Crippen molar-refractivity contribution in [1.29, 1.82) is 0 Å². The van der Waals surface area contributed by atoms with Gasteiger partial charge in [-0.1, -0.05) is 0 Å². The molecule has 5 nitrogen and oxygen atoms in total. The lowest BCUT2D eigenvalue weighted by Gasteiger charge is -2.23. The van der Waals surface area contributed by atoms with Gasteiger partial charge in [-0.15, -0.1) is 0 Å². The van der Waals surface area contributed by atoms with Crippen LogP contribution >= 0.6 is 0 Å². The van der Waals surface area contributed by atoms with Crippen LogP contribution < -0.4 is 5.32 Å². The Morgan fingerprint density at radius 1 is 1.37 bits per heavy atom. The predicted octanol–water partition coefficient (Wildman–Crippen LogP) is 1.38. The number of likely N-dealkylation sites (N-methyl/N-ethyl adjacent to an activating group) is 1. The summed E-state index contributed by atoms with van der Waals surface area (Å²) in [5.41, 5.74) is 3.35. The van der Waals surface area contributed by atoms with E-state index in [2.05, 4.69) is 10.4 Å². The SMILES string of the molecule is CCN(CC)C(=O)C(C)NCc1c(C)nn(C)c1C. The third kappa shape index (κ3) is 3.56. The summed E-state index contributed by atoms with van der Waals surface area (Å²) in [5.74, 6) is 0.157. The molecule has 0 fully saturated rings. The van der Waals surface area contributed by atoms with E-state index in [0.29, 0.717) is 6.54 Å². The molecule has 0 aliphatic rings. The van der Waals surface area contributed by atoms with Gasteiger partial charge in [0.15, 0.2) is 0 Å². The highest BCUT2D eigenvalue weighted by Crippen LogP contribution is 2.11. The van der Waals surface area contributed by atoms with Crippen molar-refractivity contribution in [2.24, 2.45) is 7.05 Å². The Bertz CT molecular complexity index is 435. The topological polar surface area (TPSA) is 50.2 Å². The molecular weight excluding hydrogens is 240 g/mol. The molecule has 0 aliphatic carbocycles. The van der Waals surface area contributed by atoms with Gasteiger partial charge in [0.1, 0.15) is 0 Å². The highest BCUT2D eigenvalue weighted by Gasteiger charge is 2.18. The van der Waals surface area contributed by atoms with E-state index < -0.39 is 0 Å². The van der Waals surface area contributed by atoms with Gasteiger partial charge in [-0.2, -0.15) is 5.10 Å². The molecule has 0 saturated carbocycles. The summed E-state index contributed by atoms with van der Waals surface area (Å²) < 4.78 is 1.88. The van der Waals surface area contributed by atoms with E-state index >= 15 is 0 Å². The van der Waals surface area contributed by atoms with E-state index in [-0.39, 0.29) is 11.9 Å². The molecule has 1 N–H and O–H groups in total. The number of carbonyl (C=O) groups excluding carboxylic acids is 1. The van der Waals surface area contributed by atoms with Gasteiger partial charge in [-0.05, 0) is 34.6 Å². The van der Waals surface area contributed by atoms with Crippen LogP contribution in [0.2, 0.25) is 0 Å². The highest BCUT2D eigenvalue weighted by atomic mass is 16.2. The standard InChI is InChI=1S/C14H26N4O/c1-7-18(8-2)14(19)11(4)15-9-13-10(3)16-17(6)12(13)5/h11,15H,7-9H2,1-6H3. The fraction of sp³-hybridized carbons (Fsp3) is 0.714. The number of rotatable bonds is 6. The molecular formula is C14H26N4O. The molecule has 1 heterocycles. The van der Waals surface area contributed by atoms with E-state index in [1.165, 1.54) is 5.56 Å². The second-order valence-corrected chi connectivity index (χ2v) is 4.89. The second-order valence-electron chi connectivity index (χ2n) is 4.89. The third-order valence-corrected chi connectivity index (χ3v) is 3.69. The maximum atomic E-state index is 12.1. The zero-order valence-electron chi connectivity index (χ0n) is 12.9. The Hall–Kier alpha value is -1.36. The quantitative estimate of drug-likeness (QED) is 0.846. The van der Waals surface area contributed by atoms with Crippen molar-refractivity contribution in [3.05, 3.63) is 17.0 Å². The summed E-state index contributed by atoms with van der Waals surface area (Å²) in [6.07, 6.45) is 0. The Morgan fingerprint density at radius 3 is 2.37 bits per heavy atom. The van der Waals surface area contributed by atoms with E-state index in [0.717, 1.165) is 24.5 Å². The summed E-state index contributed by atoms with van der Waals surface area (Å²) >= 11 is 0. The van der Waals surface area contributed by atoms with Crippen molar-refractivity contribution >= 4 is 5.91 Å². The average Bonchev–Trinajstić information content (AvgIpc) is 2.62. The molecule has 108 valence electrons. The molecule has 1 unspecified atom stereocenters. The number of hydrogen-bond donors (Lipinski definition) is 1. The molecule has 1 rings (SSSR count). The Labute approximate surface area is 116 Å².